The summed E-state index contributed by atoms with van der Waals surface area (Å²) in [6.45, 7) is 3.96. The summed E-state index contributed by atoms with van der Waals surface area (Å²) in [6, 6.07) is 9.44. The Balaban J connectivity index is 1.90. The molecular formula is C22H18ClNO5. The third kappa shape index (κ3) is 3.06. The molecule has 1 aliphatic heterocycles. The lowest BCUT2D eigenvalue weighted by Gasteiger charge is -2.21. The summed E-state index contributed by atoms with van der Waals surface area (Å²) in [4.78, 5) is 27.5. The lowest BCUT2D eigenvalue weighted by Crippen LogP contribution is -2.25. The van der Waals surface area contributed by atoms with Crippen molar-refractivity contribution in [3.63, 3.8) is 0 Å². The molecule has 3 aromatic rings. The number of rotatable bonds is 5. The maximum atomic E-state index is 13.2. The molecule has 0 bridgehead atoms. The SMILES string of the molecule is C=CCOc1ccc(C2c3c(oc4ccc(Cl)cc4c3=O)C(=O)N2C)cc1OC. The van der Waals surface area contributed by atoms with E-state index in [0.29, 0.717) is 39.7 Å². The van der Waals surface area contributed by atoms with Crippen molar-refractivity contribution in [2.24, 2.45) is 0 Å². The largest absolute Gasteiger partial charge is 0.493 e. The molecule has 0 spiro atoms. The average Bonchev–Trinajstić information content (AvgIpc) is 2.98. The van der Waals surface area contributed by atoms with Gasteiger partial charge in [-0.1, -0.05) is 30.3 Å². The van der Waals surface area contributed by atoms with Crippen LogP contribution in [0.1, 0.15) is 27.7 Å². The molecule has 1 atom stereocenters. The summed E-state index contributed by atoms with van der Waals surface area (Å²) >= 11 is 6.06. The molecule has 0 saturated carbocycles. The highest BCUT2D eigenvalue weighted by Gasteiger charge is 2.41. The van der Waals surface area contributed by atoms with Crippen molar-refractivity contribution >= 4 is 28.5 Å². The number of nitrogens with zero attached hydrogens (tertiary/aromatic N) is 1. The van der Waals surface area contributed by atoms with Gasteiger partial charge in [-0.15, -0.1) is 0 Å². The maximum Gasteiger partial charge on any atom is 0.290 e. The standard InChI is InChI=1S/C22H18ClNO5/c1-4-9-28-16-7-5-12(10-17(16)27-3)19-18-20(25)14-11-13(23)6-8-15(14)29-21(18)22(26)24(19)2/h4-8,10-11,19H,1,9H2,2-3H3. The number of hydrogen-bond donors (Lipinski definition) is 0. The molecule has 2 heterocycles. The maximum absolute atomic E-state index is 13.2. The van der Waals surface area contributed by atoms with Gasteiger partial charge in [0.15, 0.2) is 16.9 Å². The van der Waals surface area contributed by atoms with Gasteiger partial charge >= 0.3 is 0 Å². The van der Waals surface area contributed by atoms with E-state index in [4.69, 9.17) is 25.5 Å². The van der Waals surface area contributed by atoms with Crippen LogP contribution < -0.4 is 14.9 Å². The molecule has 0 saturated heterocycles. The molecule has 7 heteroatoms. The molecule has 0 radical (unpaired) electrons. The van der Waals surface area contributed by atoms with Gasteiger partial charge in [-0.2, -0.15) is 0 Å². The van der Waals surface area contributed by atoms with Crippen LogP contribution in [0.25, 0.3) is 11.0 Å². The molecule has 0 N–H and O–H groups in total. The third-order valence-electron chi connectivity index (χ3n) is 4.92. The Morgan fingerprint density at radius 2 is 2.00 bits per heavy atom. The zero-order valence-electron chi connectivity index (χ0n) is 15.9. The second-order valence-corrected chi connectivity index (χ2v) is 7.08. The number of ether oxygens (including phenoxy) is 2. The third-order valence-corrected chi connectivity index (χ3v) is 5.16. The smallest absolute Gasteiger partial charge is 0.290 e. The van der Waals surface area contributed by atoms with Gasteiger partial charge in [-0.3, -0.25) is 9.59 Å². The van der Waals surface area contributed by atoms with Crippen LogP contribution >= 0.6 is 11.6 Å². The molecule has 0 fully saturated rings. The summed E-state index contributed by atoms with van der Waals surface area (Å²) in [6.07, 6.45) is 1.63. The van der Waals surface area contributed by atoms with Gasteiger partial charge in [0.25, 0.3) is 5.91 Å². The van der Waals surface area contributed by atoms with Crippen LogP contribution in [0.2, 0.25) is 5.02 Å². The predicted molar refractivity (Wildman–Crippen MR) is 110 cm³/mol. The number of methoxy groups -OCH3 is 1. The number of fused-ring (bicyclic) bond motifs is 2. The van der Waals surface area contributed by atoms with Crippen molar-refractivity contribution in [1.82, 2.24) is 4.90 Å². The second kappa shape index (κ2) is 7.29. The monoisotopic (exact) mass is 411 g/mol. The second-order valence-electron chi connectivity index (χ2n) is 6.64. The molecule has 1 aliphatic rings. The normalized spacial score (nSPS) is 15.5. The highest BCUT2D eigenvalue weighted by Crippen LogP contribution is 2.40. The molecule has 0 aliphatic carbocycles. The summed E-state index contributed by atoms with van der Waals surface area (Å²) in [5, 5.41) is 0.756. The Hall–Kier alpha value is -3.25. The van der Waals surface area contributed by atoms with Crippen molar-refractivity contribution in [2.45, 2.75) is 6.04 Å². The number of carbonyl (C=O) groups excluding carboxylic acids is 1. The molecule has 4 rings (SSSR count). The van der Waals surface area contributed by atoms with E-state index in [1.165, 1.54) is 12.0 Å². The average molecular weight is 412 g/mol. The van der Waals surface area contributed by atoms with E-state index in [1.54, 1.807) is 49.5 Å². The van der Waals surface area contributed by atoms with Gasteiger partial charge in [0, 0.05) is 12.1 Å². The van der Waals surface area contributed by atoms with E-state index in [1.807, 2.05) is 0 Å². The topological polar surface area (TPSA) is 69.0 Å². The fourth-order valence-electron chi connectivity index (χ4n) is 3.57. The van der Waals surface area contributed by atoms with E-state index in [-0.39, 0.29) is 22.7 Å². The summed E-state index contributed by atoms with van der Waals surface area (Å²) < 4.78 is 16.8. The van der Waals surface area contributed by atoms with Crippen molar-refractivity contribution in [1.29, 1.82) is 0 Å². The molecule has 2 aromatic carbocycles. The van der Waals surface area contributed by atoms with Crippen LogP contribution in [-0.4, -0.2) is 31.6 Å². The Bertz CT molecular complexity index is 1200. The molecule has 1 unspecified atom stereocenters. The minimum Gasteiger partial charge on any atom is -0.493 e. The molecule has 1 aromatic heterocycles. The van der Waals surface area contributed by atoms with Gasteiger partial charge in [0.1, 0.15) is 12.2 Å². The Morgan fingerprint density at radius 3 is 2.72 bits per heavy atom. The van der Waals surface area contributed by atoms with Crippen LogP contribution in [0.4, 0.5) is 0 Å². The first-order chi connectivity index (χ1) is 14.0. The quantitative estimate of drug-likeness (QED) is 0.589. The van der Waals surface area contributed by atoms with Crippen LogP contribution in [0.5, 0.6) is 11.5 Å². The lowest BCUT2D eigenvalue weighted by molar-refractivity contribution is 0.0771. The summed E-state index contributed by atoms with van der Waals surface area (Å²) in [7, 11) is 3.16. The fraction of sp³-hybridized carbons (Fsp3) is 0.182. The molecule has 1 amide bonds. The Morgan fingerprint density at radius 1 is 1.21 bits per heavy atom. The zero-order valence-corrected chi connectivity index (χ0v) is 16.7. The zero-order chi connectivity index (χ0) is 20.7. The van der Waals surface area contributed by atoms with E-state index in [0.717, 1.165) is 0 Å². The number of halogens is 1. The van der Waals surface area contributed by atoms with Crippen LogP contribution in [0.15, 0.2) is 58.3 Å². The molecule has 148 valence electrons. The van der Waals surface area contributed by atoms with E-state index in [9.17, 15) is 9.59 Å². The summed E-state index contributed by atoms with van der Waals surface area (Å²) in [5.41, 5.74) is 1.04. The van der Waals surface area contributed by atoms with Gasteiger partial charge in [-0.05, 0) is 35.9 Å². The van der Waals surface area contributed by atoms with E-state index >= 15 is 0 Å². The predicted octanol–water partition coefficient (Wildman–Crippen LogP) is 4.19. The highest BCUT2D eigenvalue weighted by atomic mass is 35.5. The van der Waals surface area contributed by atoms with Crippen molar-refractivity contribution in [3.05, 3.63) is 81.2 Å². The first-order valence-corrected chi connectivity index (χ1v) is 9.29. The van der Waals surface area contributed by atoms with E-state index < -0.39 is 6.04 Å². The lowest BCUT2D eigenvalue weighted by atomic mass is 9.98. The van der Waals surface area contributed by atoms with Crippen LogP contribution in [-0.2, 0) is 0 Å². The minimum absolute atomic E-state index is 0.0447. The van der Waals surface area contributed by atoms with Gasteiger partial charge < -0.3 is 18.8 Å². The number of amides is 1. The molecule has 29 heavy (non-hydrogen) atoms. The van der Waals surface area contributed by atoms with E-state index in [2.05, 4.69) is 6.58 Å². The van der Waals surface area contributed by atoms with Crippen molar-refractivity contribution in [2.75, 3.05) is 20.8 Å². The van der Waals surface area contributed by atoms with Gasteiger partial charge in [0.05, 0.1) is 24.1 Å². The van der Waals surface area contributed by atoms with Gasteiger partial charge in [-0.25, -0.2) is 0 Å². The first kappa shape index (κ1) is 19.1. The van der Waals surface area contributed by atoms with Crippen LogP contribution in [0, 0.1) is 0 Å². The van der Waals surface area contributed by atoms with Crippen molar-refractivity contribution < 1.29 is 18.7 Å². The Kier molecular flexibility index (Phi) is 4.80. The number of hydrogen-bond acceptors (Lipinski definition) is 5. The molecular weight excluding hydrogens is 394 g/mol. The number of carbonyl (C=O) groups is 1. The highest BCUT2D eigenvalue weighted by molar-refractivity contribution is 6.31. The van der Waals surface area contributed by atoms with Crippen molar-refractivity contribution in [3.8, 4) is 11.5 Å². The summed E-state index contributed by atoms with van der Waals surface area (Å²) in [5.74, 6) is 0.723. The first-order valence-electron chi connectivity index (χ1n) is 8.91. The number of benzene rings is 2. The minimum atomic E-state index is -0.612. The molecule has 6 nitrogen and oxygen atoms in total. The Labute approximate surface area is 171 Å². The van der Waals surface area contributed by atoms with Gasteiger partial charge in [0.2, 0.25) is 5.76 Å². The fourth-order valence-corrected chi connectivity index (χ4v) is 3.74. The van der Waals surface area contributed by atoms with Crippen LogP contribution in [0.3, 0.4) is 0 Å².